The Kier molecular flexibility index (Phi) is 6.32. The third-order valence-corrected chi connectivity index (χ3v) is 2.31. The van der Waals surface area contributed by atoms with Crippen LogP contribution in [-0.4, -0.2) is 35.4 Å². The van der Waals surface area contributed by atoms with E-state index in [4.69, 9.17) is 4.74 Å². The minimum Gasteiger partial charge on any atom is -0.465 e. The molecule has 0 radical (unpaired) electrons. The predicted octanol–water partition coefficient (Wildman–Crippen LogP) is 1.12. The fourth-order valence-corrected chi connectivity index (χ4v) is 1.35. The summed E-state index contributed by atoms with van der Waals surface area (Å²) >= 11 is 0. The van der Waals surface area contributed by atoms with Crippen molar-refractivity contribution in [2.75, 3.05) is 19.7 Å². The SMILES string of the molecule is CCCCOC(=O)CNCCn1cc(C)cn1. The maximum Gasteiger partial charge on any atom is 0.319 e. The summed E-state index contributed by atoms with van der Waals surface area (Å²) < 4.78 is 6.87. The lowest BCUT2D eigenvalue weighted by molar-refractivity contribution is -0.142. The van der Waals surface area contributed by atoms with Crippen molar-refractivity contribution in [1.82, 2.24) is 15.1 Å². The van der Waals surface area contributed by atoms with Gasteiger partial charge in [-0.1, -0.05) is 13.3 Å². The smallest absolute Gasteiger partial charge is 0.319 e. The summed E-state index contributed by atoms with van der Waals surface area (Å²) in [6.07, 6.45) is 5.76. The molecule has 0 unspecified atom stereocenters. The van der Waals surface area contributed by atoms with E-state index in [0.717, 1.165) is 24.9 Å². The van der Waals surface area contributed by atoms with Crippen molar-refractivity contribution in [3.05, 3.63) is 18.0 Å². The van der Waals surface area contributed by atoms with Crippen LogP contribution >= 0.6 is 0 Å². The fraction of sp³-hybridized carbons (Fsp3) is 0.667. The molecule has 5 heteroatoms. The number of ether oxygens (including phenoxy) is 1. The summed E-state index contributed by atoms with van der Waals surface area (Å²) in [5.41, 5.74) is 1.14. The van der Waals surface area contributed by atoms with Gasteiger partial charge in [0, 0.05) is 12.7 Å². The van der Waals surface area contributed by atoms with Gasteiger partial charge in [0.1, 0.15) is 0 Å². The lowest BCUT2D eigenvalue weighted by Gasteiger charge is -2.05. The molecule has 5 nitrogen and oxygen atoms in total. The molecular weight excluding hydrogens is 218 g/mol. The second-order valence-electron chi connectivity index (χ2n) is 4.03. The van der Waals surface area contributed by atoms with E-state index >= 15 is 0 Å². The highest BCUT2D eigenvalue weighted by Crippen LogP contribution is 1.93. The average molecular weight is 239 g/mol. The number of carbonyl (C=O) groups is 1. The van der Waals surface area contributed by atoms with Crippen LogP contribution in [0.15, 0.2) is 12.4 Å². The van der Waals surface area contributed by atoms with Gasteiger partial charge in [0.15, 0.2) is 0 Å². The van der Waals surface area contributed by atoms with Gasteiger partial charge in [-0.3, -0.25) is 9.48 Å². The quantitative estimate of drug-likeness (QED) is 0.545. The van der Waals surface area contributed by atoms with Crippen molar-refractivity contribution in [2.45, 2.75) is 33.2 Å². The average Bonchev–Trinajstić information content (AvgIpc) is 2.71. The van der Waals surface area contributed by atoms with Crippen LogP contribution in [0.1, 0.15) is 25.3 Å². The molecule has 1 heterocycles. The van der Waals surface area contributed by atoms with Crippen LogP contribution in [0.4, 0.5) is 0 Å². The second-order valence-corrected chi connectivity index (χ2v) is 4.03. The van der Waals surface area contributed by atoms with Crippen molar-refractivity contribution in [3.63, 3.8) is 0 Å². The third-order valence-electron chi connectivity index (χ3n) is 2.31. The number of nitrogens with one attached hydrogen (secondary N) is 1. The first-order valence-corrected chi connectivity index (χ1v) is 6.07. The highest BCUT2D eigenvalue weighted by Gasteiger charge is 2.01. The van der Waals surface area contributed by atoms with Crippen molar-refractivity contribution in [1.29, 1.82) is 0 Å². The Morgan fingerprint density at radius 2 is 2.41 bits per heavy atom. The van der Waals surface area contributed by atoms with Crippen LogP contribution in [0.3, 0.4) is 0 Å². The summed E-state index contributed by atoms with van der Waals surface area (Å²) in [4.78, 5) is 11.2. The third kappa shape index (κ3) is 6.06. The molecule has 96 valence electrons. The topological polar surface area (TPSA) is 56.1 Å². The van der Waals surface area contributed by atoms with Crippen LogP contribution < -0.4 is 5.32 Å². The zero-order valence-electron chi connectivity index (χ0n) is 10.6. The molecule has 0 saturated heterocycles. The molecule has 0 atom stereocenters. The minimum absolute atomic E-state index is 0.185. The molecule has 17 heavy (non-hydrogen) atoms. The number of esters is 1. The van der Waals surface area contributed by atoms with E-state index in [1.54, 1.807) is 0 Å². The molecule has 0 amide bonds. The van der Waals surface area contributed by atoms with Gasteiger partial charge in [0.2, 0.25) is 0 Å². The molecule has 1 aromatic rings. The molecule has 0 aliphatic rings. The van der Waals surface area contributed by atoms with Crippen LogP contribution in [0.25, 0.3) is 0 Å². The van der Waals surface area contributed by atoms with Gasteiger partial charge in [-0.2, -0.15) is 5.10 Å². The summed E-state index contributed by atoms with van der Waals surface area (Å²) in [7, 11) is 0. The largest absolute Gasteiger partial charge is 0.465 e. The molecule has 0 bridgehead atoms. The number of aryl methyl sites for hydroxylation is 1. The van der Waals surface area contributed by atoms with E-state index in [2.05, 4.69) is 17.3 Å². The van der Waals surface area contributed by atoms with E-state index in [0.29, 0.717) is 13.2 Å². The predicted molar refractivity (Wildman–Crippen MR) is 65.7 cm³/mol. The van der Waals surface area contributed by atoms with E-state index in [1.807, 2.05) is 24.0 Å². The van der Waals surface area contributed by atoms with Crippen LogP contribution in [0.5, 0.6) is 0 Å². The Hall–Kier alpha value is -1.36. The summed E-state index contributed by atoms with van der Waals surface area (Å²) in [5, 5.41) is 7.19. The highest BCUT2D eigenvalue weighted by atomic mass is 16.5. The van der Waals surface area contributed by atoms with Gasteiger partial charge in [0.05, 0.1) is 25.9 Å². The molecule has 0 aliphatic carbocycles. The van der Waals surface area contributed by atoms with Crippen LogP contribution in [0.2, 0.25) is 0 Å². The first-order valence-electron chi connectivity index (χ1n) is 6.07. The Balaban J connectivity index is 2.02. The Morgan fingerprint density at radius 1 is 1.59 bits per heavy atom. The van der Waals surface area contributed by atoms with Crippen molar-refractivity contribution >= 4 is 5.97 Å². The number of rotatable bonds is 8. The standard InChI is InChI=1S/C12H21N3O2/c1-3-4-7-17-12(16)9-13-5-6-15-10-11(2)8-14-15/h8,10,13H,3-7,9H2,1-2H3. The second kappa shape index (κ2) is 7.84. The molecule has 1 rings (SSSR count). The monoisotopic (exact) mass is 239 g/mol. The molecule has 0 aromatic carbocycles. The number of unbranched alkanes of at least 4 members (excludes halogenated alkanes) is 1. The Morgan fingerprint density at radius 3 is 3.06 bits per heavy atom. The van der Waals surface area contributed by atoms with Crippen molar-refractivity contribution in [3.8, 4) is 0 Å². The first-order chi connectivity index (χ1) is 8.22. The molecule has 0 aliphatic heterocycles. The zero-order chi connectivity index (χ0) is 12.5. The summed E-state index contributed by atoms with van der Waals surface area (Å²) in [6.45, 7) is 6.33. The number of carbonyl (C=O) groups excluding carboxylic acids is 1. The molecule has 0 fully saturated rings. The molecule has 1 N–H and O–H groups in total. The van der Waals surface area contributed by atoms with Gasteiger partial charge in [-0.05, 0) is 18.9 Å². The van der Waals surface area contributed by atoms with Gasteiger partial charge < -0.3 is 10.1 Å². The zero-order valence-corrected chi connectivity index (χ0v) is 10.6. The van der Waals surface area contributed by atoms with Crippen LogP contribution in [0, 0.1) is 6.92 Å². The normalized spacial score (nSPS) is 10.5. The van der Waals surface area contributed by atoms with Crippen LogP contribution in [-0.2, 0) is 16.1 Å². The van der Waals surface area contributed by atoms with E-state index in [-0.39, 0.29) is 12.5 Å². The van der Waals surface area contributed by atoms with Crippen molar-refractivity contribution < 1.29 is 9.53 Å². The lowest BCUT2D eigenvalue weighted by Crippen LogP contribution is -2.28. The van der Waals surface area contributed by atoms with E-state index in [1.165, 1.54) is 0 Å². The maximum absolute atomic E-state index is 11.2. The van der Waals surface area contributed by atoms with E-state index in [9.17, 15) is 4.79 Å². The number of nitrogens with zero attached hydrogens (tertiary/aromatic N) is 2. The minimum atomic E-state index is -0.185. The lowest BCUT2D eigenvalue weighted by atomic mass is 10.4. The number of aromatic nitrogens is 2. The molecular formula is C12H21N3O2. The Labute approximate surface area is 102 Å². The summed E-state index contributed by atoms with van der Waals surface area (Å²) in [5.74, 6) is -0.185. The van der Waals surface area contributed by atoms with E-state index < -0.39 is 0 Å². The number of hydrogen-bond acceptors (Lipinski definition) is 4. The molecule has 1 aromatic heterocycles. The van der Waals surface area contributed by atoms with Gasteiger partial charge >= 0.3 is 5.97 Å². The molecule has 0 saturated carbocycles. The maximum atomic E-state index is 11.2. The highest BCUT2D eigenvalue weighted by molar-refractivity contribution is 5.71. The van der Waals surface area contributed by atoms with Gasteiger partial charge in [0.25, 0.3) is 0 Å². The fourth-order valence-electron chi connectivity index (χ4n) is 1.35. The Bertz CT molecular complexity index is 336. The molecule has 0 spiro atoms. The number of hydrogen-bond donors (Lipinski definition) is 1. The van der Waals surface area contributed by atoms with Gasteiger partial charge in [-0.25, -0.2) is 0 Å². The summed E-state index contributed by atoms with van der Waals surface area (Å²) in [6, 6.07) is 0. The van der Waals surface area contributed by atoms with Crippen molar-refractivity contribution in [2.24, 2.45) is 0 Å². The first kappa shape index (κ1) is 13.7. The van der Waals surface area contributed by atoms with Gasteiger partial charge in [-0.15, -0.1) is 0 Å².